The Balaban J connectivity index is 2.51. The molecule has 0 amide bonds. The maximum Gasteiger partial charge on any atom is 0.359 e. The van der Waals surface area contributed by atoms with Gasteiger partial charge in [0.1, 0.15) is 0 Å². The first-order valence-electron chi connectivity index (χ1n) is 5.10. The molecule has 0 saturated carbocycles. The Labute approximate surface area is 113 Å². The molecule has 96 valence electrons. The van der Waals surface area contributed by atoms with Gasteiger partial charge in [-0.15, -0.1) is 0 Å². The predicted octanol–water partition coefficient (Wildman–Crippen LogP) is 2.35. The van der Waals surface area contributed by atoms with Crippen molar-refractivity contribution in [2.45, 2.75) is 19.1 Å². The number of benzene rings is 1. The number of halogens is 2. The summed E-state index contributed by atoms with van der Waals surface area (Å²) in [4.78, 5) is 11.2. The third kappa shape index (κ3) is 2.05. The van der Waals surface area contributed by atoms with Crippen LogP contribution >= 0.6 is 23.2 Å². The molecule has 5 nitrogen and oxygen atoms in total. The highest BCUT2D eigenvalue weighted by Gasteiger charge is 2.48. The predicted molar refractivity (Wildman–Crippen MR) is 69.3 cm³/mol. The molecule has 1 aliphatic rings. The van der Waals surface area contributed by atoms with Crippen molar-refractivity contribution < 1.29 is 15.0 Å². The molecule has 1 aromatic rings. The van der Waals surface area contributed by atoms with Crippen LogP contribution in [0.1, 0.15) is 13.3 Å². The lowest BCUT2D eigenvalue weighted by Gasteiger charge is -2.29. The van der Waals surface area contributed by atoms with Gasteiger partial charge in [0.25, 0.3) is 5.72 Å². The smallest absolute Gasteiger partial charge is 0.359 e. The first-order chi connectivity index (χ1) is 8.34. The van der Waals surface area contributed by atoms with Crippen molar-refractivity contribution in [3.63, 3.8) is 0 Å². The minimum atomic E-state index is -2.11. The number of anilines is 1. The summed E-state index contributed by atoms with van der Waals surface area (Å²) in [6.45, 7) is 1.64. The molecule has 7 heteroatoms. The maximum atomic E-state index is 11.2. The van der Waals surface area contributed by atoms with Gasteiger partial charge in [0.15, 0.2) is 0 Å². The molecular formula is C11H10Cl2N2O3. The second-order valence-electron chi connectivity index (χ2n) is 4.04. The largest absolute Gasteiger partial charge is 0.478 e. The van der Waals surface area contributed by atoms with E-state index in [1.165, 1.54) is 12.1 Å². The Kier molecular flexibility index (Phi) is 3.23. The molecule has 0 spiro atoms. The lowest BCUT2D eigenvalue weighted by Crippen LogP contribution is -2.50. The number of rotatable bonds is 2. The van der Waals surface area contributed by atoms with Crippen LogP contribution in [0.3, 0.4) is 0 Å². The van der Waals surface area contributed by atoms with Crippen molar-refractivity contribution in [2.75, 3.05) is 5.01 Å². The molecule has 2 N–H and O–H groups in total. The molecule has 1 aliphatic heterocycles. The molecule has 2 rings (SSSR count). The van der Waals surface area contributed by atoms with E-state index in [9.17, 15) is 9.90 Å². The van der Waals surface area contributed by atoms with Crippen LogP contribution < -0.4 is 5.01 Å². The average Bonchev–Trinajstić information content (AvgIpc) is 2.55. The number of nitrogens with zero attached hydrogens (tertiary/aromatic N) is 2. The lowest BCUT2D eigenvalue weighted by molar-refractivity contribution is -0.157. The molecular weight excluding hydrogens is 279 g/mol. The lowest BCUT2D eigenvalue weighted by atomic mass is 10.1. The normalized spacial score (nSPS) is 23.1. The topological polar surface area (TPSA) is 73.1 Å². The summed E-state index contributed by atoms with van der Waals surface area (Å²) in [5.74, 6) is -1.38. The van der Waals surface area contributed by atoms with Crippen molar-refractivity contribution in [3.05, 3.63) is 28.2 Å². The van der Waals surface area contributed by atoms with E-state index in [2.05, 4.69) is 5.10 Å². The minimum Gasteiger partial charge on any atom is -0.478 e. The van der Waals surface area contributed by atoms with E-state index in [1.54, 1.807) is 13.0 Å². The zero-order chi connectivity index (χ0) is 13.5. The summed E-state index contributed by atoms with van der Waals surface area (Å²) in [7, 11) is 0. The van der Waals surface area contributed by atoms with Crippen LogP contribution in [0.4, 0.5) is 5.69 Å². The van der Waals surface area contributed by atoms with Crippen molar-refractivity contribution in [1.29, 1.82) is 0 Å². The van der Waals surface area contributed by atoms with Crippen molar-refractivity contribution in [1.82, 2.24) is 0 Å². The van der Waals surface area contributed by atoms with Crippen molar-refractivity contribution in [3.8, 4) is 0 Å². The van der Waals surface area contributed by atoms with E-state index >= 15 is 0 Å². The Morgan fingerprint density at radius 2 is 2.17 bits per heavy atom. The molecule has 0 fully saturated rings. The van der Waals surface area contributed by atoms with Gasteiger partial charge >= 0.3 is 5.97 Å². The molecule has 0 saturated heterocycles. The number of aliphatic hydroxyl groups is 1. The average molecular weight is 289 g/mol. The Morgan fingerprint density at radius 1 is 1.50 bits per heavy atom. The van der Waals surface area contributed by atoms with Crippen LogP contribution in [0.2, 0.25) is 10.0 Å². The number of carboxylic acids is 1. The standard InChI is InChI=1S/C11H10Cl2N2O3/c1-6-5-11(18,10(16)17)15(14-6)9-3-2-7(12)4-8(9)13/h2-4,18H,5H2,1H3,(H,16,17). The summed E-state index contributed by atoms with van der Waals surface area (Å²) >= 11 is 11.8. The number of hydrazone groups is 1. The van der Waals surface area contributed by atoms with Gasteiger partial charge < -0.3 is 10.2 Å². The first kappa shape index (κ1) is 13.1. The van der Waals surface area contributed by atoms with Gasteiger partial charge in [-0.2, -0.15) is 5.10 Å². The number of carboxylic acid groups (broad SMARTS) is 1. The van der Waals surface area contributed by atoms with Gasteiger partial charge in [0.05, 0.1) is 10.7 Å². The van der Waals surface area contributed by atoms with E-state index in [0.29, 0.717) is 16.4 Å². The molecule has 0 aliphatic carbocycles. The molecule has 1 heterocycles. The van der Waals surface area contributed by atoms with Crippen LogP contribution in [0.15, 0.2) is 23.3 Å². The van der Waals surface area contributed by atoms with E-state index in [1.807, 2.05) is 0 Å². The van der Waals surface area contributed by atoms with Gasteiger partial charge in [-0.3, -0.25) is 0 Å². The molecule has 0 radical (unpaired) electrons. The summed E-state index contributed by atoms with van der Waals surface area (Å²) in [5, 5.41) is 25.0. The summed E-state index contributed by atoms with van der Waals surface area (Å²) in [6, 6.07) is 4.53. The quantitative estimate of drug-likeness (QED) is 0.876. The van der Waals surface area contributed by atoms with E-state index in [0.717, 1.165) is 5.01 Å². The number of hydrogen-bond acceptors (Lipinski definition) is 4. The van der Waals surface area contributed by atoms with Crippen LogP contribution in [0, 0.1) is 0 Å². The van der Waals surface area contributed by atoms with Gasteiger partial charge in [-0.05, 0) is 25.1 Å². The highest BCUT2D eigenvalue weighted by atomic mass is 35.5. The Hall–Kier alpha value is -1.30. The highest BCUT2D eigenvalue weighted by molar-refractivity contribution is 6.36. The fraction of sp³-hybridized carbons (Fsp3) is 0.273. The third-order valence-corrected chi connectivity index (χ3v) is 3.14. The number of aliphatic carboxylic acids is 1. The number of hydrogen-bond donors (Lipinski definition) is 2. The van der Waals surface area contributed by atoms with Crippen LogP contribution in [-0.4, -0.2) is 27.6 Å². The zero-order valence-electron chi connectivity index (χ0n) is 9.39. The summed E-state index contributed by atoms with van der Waals surface area (Å²) in [5.41, 5.74) is -1.31. The minimum absolute atomic E-state index is 0.0821. The van der Waals surface area contributed by atoms with Gasteiger partial charge in [-0.1, -0.05) is 23.2 Å². The van der Waals surface area contributed by atoms with Gasteiger partial charge in [0, 0.05) is 17.2 Å². The molecule has 0 bridgehead atoms. The number of carbonyl (C=O) groups is 1. The second-order valence-corrected chi connectivity index (χ2v) is 4.88. The molecule has 18 heavy (non-hydrogen) atoms. The summed E-state index contributed by atoms with van der Waals surface area (Å²) < 4.78 is 0. The van der Waals surface area contributed by atoms with Gasteiger partial charge in [-0.25, -0.2) is 9.80 Å². The molecule has 0 aromatic heterocycles. The Morgan fingerprint density at radius 3 is 2.72 bits per heavy atom. The van der Waals surface area contributed by atoms with Crippen LogP contribution in [0.5, 0.6) is 0 Å². The third-order valence-electron chi connectivity index (χ3n) is 2.60. The first-order valence-corrected chi connectivity index (χ1v) is 5.85. The van der Waals surface area contributed by atoms with Crippen LogP contribution in [0.25, 0.3) is 0 Å². The highest BCUT2D eigenvalue weighted by Crippen LogP contribution is 2.37. The molecule has 1 unspecified atom stereocenters. The molecule has 1 atom stereocenters. The Bertz CT molecular complexity index is 547. The van der Waals surface area contributed by atoms with E-state index in [-0.39, 0.29) is 11.4 Å². The van der Waals surface area contributed by atoms with E-state index in [4.69, 9.17) is 28.3 Å². The second kappa shape index (κ2) is 4.42. The molecule has 1 aromatic carbocycles. The SMILES string of the molecule is CC1=NN(c2ccc(Cl)cc2Cl)C(O)(C(=O)O)C1. The fourth-order valence-electron chi connectivity index (χ4n) is 1.79. The van der Waals surface area contributed by atoms with Crippen molar-refractivity contribution in [2.24, 2.45) is 5.10 Å². The summed E-state index contributed by atoms with van der Waals surface area (Å²) in [6.07, 6.45) is -0.0821. The van der Waals surface area contributed by atoms with E-state index < -0.39 is 11.7 Å². The fourth-order valence-corrected chi connectivity index (χ4v) is 2.28. The zero-order valence-corrected chi connectivity index (χ0v) is 10.9. The maximum absolute atomic E-state index is 11.2. The monoisotopic (exact) mass is 288 g/mol. The van der Waals surface area contributed by atoms with Crippen molar-refractivity contribution >= 4 is 40.6 Å². The van der Waals surface area contributed by atoms with Crippen LogP contribution in [-0.2, 0) is 4.79 Å². The van der Waals surface area contributed by atoms with Gasteiger partial charge in [0.2, 0.25) is 0 Å².